The highest BCUT2D eigenvalue weighted by atomic mass is 32.1. The van der Waals surface area contributed by atoms with Gasteiger partial charge < -0.3 is 9.13 Å². The SMILES string of the molecule is c1ccc(-c2ccc(-n3c4ccc(-c5ccc6c(c5)c5ccccc5n6-c5cccc(-c6ccccc6)c5)cc4c4cc5c(cc43)sc3ccccc35)cc2)cc1. The second-order valence-corrected chi connectivity index (χ2v) is 16.0. The van der Waals surface area contributed by atoms with Gasteiger partial charge in [-0.05, 0) is 106 Å². The van der Waals surface area contributed by atoms with Gasteiger partial charge in [-0.15, -0.1) is 11.3 Å². The Morgan fingerprint density at radius 2 is 0.754 bits per heavy atom. The third-order valence-electron chi connectivity index (χ3n) is 11.7. The van der Waals surface area contributed by atoms with E-state index >= 15 is 0 Å². The molecule has 0 spiro atoms. The molecule has 3 heteroatoms. The van der Waals surface area contributed by atoms with E-state index in [2.05, 4.69) is 215 Å². The zero-order valence-electron chi connectivity index (χ0n) is 30.9. The number of aromatic nitrogens is 2. The molecule has 3 heterocycles. The third kappa shape index (κ3) is 5.10. The number of hydrogen-bond donors (Lipinski definition) is 0. The number of nitrogens with zero attached hydrogens (tertiary/aromatic N) is 2. The van der Waals surface area contributed by atoms with Crippen molar-refractivity contribution in [1.82, 2.24) is 9.13 Å². The highest BCUT2D eigenvalue weighted by Crippen LogP contribution is 2.43. The average Bonchev–Trinajstić information content (AvgIpc) is 3.93. The average molecular weight is 743 g/mol. The Morgan fingerprint density at radius 3 is 1.49 bits per heavy atom. The summed E-state index contributed by atoms with van der Waals surface area (Å²) in [4.78, 5) is 0. The van der Waals surface area contributed by atoms with Crippen LogP contribution in [0.25, 0.3) is 109 Å². The van der Waals surface area contributed by atoms with E-state index in [1.54, 1.807) is 0 Å². The molecule has 0 unspecified atom stereocenters. The lowest BCUT2D eigenvalue weighted by Crippen LogP contribution is -1.94. The summed E-state index contributed by atoms with van der Waals surface area (Å²) in [5.41, 5.74) is 14.5. The molecule has 266 valence electrons. The number of thiophene rings is 1. The standard InChI is InChI=1S/C54H34N2S/c1-3-12-35(13-4-1)37-22-26-41(27-23-37)55-51-29-25-40(32-46(51)47-33-48-44-19-8-10-21-53(44)57-54(48)34-52(47)55)39-24-28-50-45(31-39)43-18-7-9-20-49(43)56(50)42-17-11-16-38(30-42)36-14-5-2-6-15-36/h1-34H. The van der Waals surface area contributed by atoms with Crippen LogP contribution in [-0.4, -0.2) is 9.13 Å². The van der Waals surface area contributed by atoms with Crippen LogP contribution in [0.15, 0.2) is 206 Å². The van der Waals surface area contributed by atoms with Gasteiger partial charge in [0.15, 0.2) is 0 Å². The van der Waals surface area contributed by atoms with Crippen molar-refractivity contribution in [3.05, 3.63) is 206 Å². The minimum Gasteiger partial charge on any atom is -0.309 e. The maximum absolute atomic E-state index is 2.45. The molecule has 0 atom stereocenters. The lowest BCUT2D eigenvalue weighted by atomic mass is 10.00. The van der Waals surface area contributed by atoms with Gasteiger partial charge in [-0.25, -0.2) is 0 Å². The summed E-state index contributed by atoms with van der Waals surface area (Å²) in [5, 5.41) is 7.67. The van der Waals surface area contributed by atoms with E-state index in [0.717, 1.165) is 11.4 Å². The molecular formula is C54H34N2S. The molecule has 3 aromatic heterocycles. The molecule has 0 radical (unpaired) electrons. The quantitative estimate of drug-likeness (QED) is 0.166. The van der Waals surface area contributed by atoms with Crippen molar-refractivity contribution in [3.63, 3.8) is 0 Å². The maximum atomic E-state index is 2.45. The van der Waals surface area contributed by atoms with Crippen LogP contribution in [-0.2, 0) is 0 Å². The lowest BCUT2D eigenvalue weighted by Gasteiger charge is -2.11. The normalized spacial score (nSPS) is 11.9. The molecule has 0 saturated carbocycles. The molecule has 12 rings (SSSR count). The highest BCUT2D eigenvalue weighted by molar-refractivity contribution is 7.25. The first kappa shape index (κ1) is 32.1. The van der Waals surface area contributed by atoms with E-state index < -0.39 is 0 Å². The Bertz CT molecular complexity index is 3490. The summed E-state index contributed by atoms with van der Waals surface area (Å²) in [6.07, 6.45) is 0. The van der Waals surface area contributed by atoms with Crippen molar-refractivity contribution < 1.29 is 0 Å². The molecule has 57 heavy (non-hydrogen) atoms. The van der Waals surface area contributed by atoms with E-state index in [0.29, 0.717) is 0 Å². The zero-order valence-corrected chi connectivity index (χ0v) is 31.7. The fraction of sp³-hybridized carbons (Fsp3) is 0. The van der Waals surface area contributed by atoms with Crippen molar-refractivity contribution in [2.24, 2.45) is 0 Å². The van der Waals surface area contributed by atoms with Gasteiger partial charge in [-0.1, -0.05) is 133 Å². The molecule has 0 saturated heterocycles. The van der Waals surface area contributed by atoms with Crippen LogP contribution >= 0.6 is 11.3 Å². The van der Waals surface area contributed by atoms with E-state index in [4.69, 9.17) is 0 Å². The van der Waals surface area contributed by atoms with Gasteiger partial charge in [-0.3, -0.25) is 0 Å². The topological polar surface area (TPSA) is 9.86 Å². The molecule has 0 bridgehead atoms. The molecule has 0 aliphatic carbocycles. The number of fused-ring (bicyclic) bond motifs is 9. The van der Waals surface area contributed by atoms with Gasteiger partial charge in [0.1, 0.15) is 0 Å². The molecular weight excluding hydrogens is 709 g/mol. The number of rotatable bonds is 5. The zero-order chi connectivity index (χ0) is 37.5. The second kappa shape index (κ2) is 12.7. The first-order valence-electron chi connectivity index (χ1n) is 19.5. The van der Waals surface area contributed by atoms with Crippen LogP contribution in [0, 0.1) is 0 Å². The van der Waals surface area contributed by atoms with Crippen molar-refractivity contribution in [2.45, 2.75) is 0 Å². The fourth-order valence-electron chi connectivity index (χ4n) is 9.01. The third-order valence-corrected chi connectivity index (χ3v) is 12.8. The first-order chi connectivity index (χ1) is 28.2. The van der Waals surface area contributed by atoms with Crippen LogP contribution in [0.2, 0.25) is 0 Å². The highest BCUT2D eigenvalue weighted by Gasteiger charge is 2.18. The summed E-state index contributed by atoms with van der Waals surface area (Å²) in [6.45, 7) is 0. The Labute approximate surface area is 333 Å². The lowest BCUT2D eigenvalue weighted by molar-refractivity contribution is 1.18. The summed E-state index contributed by atoms with van der Waals surface area (Å²) < 4.78 is 7.50. The van der Waals surface area contributed by atoms with Crippen molar-refractivity contribution >= 4 is 75.1 Å². The maximum Gasteiger partial charge on any atom is 0.0555 e. The predicted octanol–water partition coefficient (Wildman–Crippen LogP) is 15.2. The number of hydrogen-bond acceptors (Lipinski definition) is 1. The van der Waals surface area contributed by atoms with Crippen LogP contribution in [0.4, 0.5) is 0 Å². The van der Waals surface area contributed by atoms with Gasteiger partial charge in [0.25, 0.3) is 0 Å². The van der Waals surface area contributed by atoms with Crippen molar-refractivity contribution in [2.75, 3.05) is 0 Å². The van der Waals surface area contributed by atoms with Crippen LogP contribution < -0.4 is 0 Å². The van der Waals surface area contributed by atoms with Crippen molar-refractivity contribution in [1.29, 1.82) is 0 Å². The van der Waals surface area contributed by atoms with E-state index in [1.807, 2.05) is 11.3 Å². The molecule has 0 fully saturated rings. The van der Waals surface area contributed by atoms with Gasteiger partial charge in [0, 0.05) is 53.1 Å². The summed E-state index contributed by atoms with van der Waals surface area (Å²) in [6, 6.07) is 75.7. The Morgan fingerprint density at radius 1 is 0.246 bits per heavy atom. The molecule has 2 nitrogen and oxygen atoms in total. The Hall–Kier alpha value is -7.20. The van der Waals surface area contributed by atoms with Gasteiger partial charge in [-0.2, -0.15) is 0 Å². The van der Waals surface area contributed by atoms with E-state index in [-0.39, 0.29) is 0 Å². The van der Waals surface area contributed by atoms with Gasteiger partial charge in [0.2, 0.25) is 0 Å². The summed E-state index contributed by atoms with van der Waals surface area (Å²) >= 11 is 1.88. The molecule has 12 aromatic rings. The molecule has 0 N–H and O–H groups in total. The molecule has 0 aliphatic heterocycles. The Kier molecular flexibility index (Phi) is 7.13. The molecule has 0 amide bonds. The van der Waals surface area contributed by atoms with E-state index in [1.165, 1.54) is 97.2 Å². The Balaban J connectivity index is 1.05. The van der Waals surface area contributed by atoms with Crippen LogP contribution in [0.5, 0.6) is 0 Å². The van der Waals surface area contributed by atoms with Crippen molar-refractivity contribution in [3.8, 4) is 44.8 Å². The molecule has 9 aromatic carbocycles. The van der Waals surface area contributed by atoms with Crippen LogP contribution in [0.3, 0.4) is 0 Å². The monoisotopic (exact) mass is 742 g/mol. The predicted molar refractivity (Wildman–Crippen MR) is 244 cm³/mol. The van der Waals surface area contributed by atoms with Crippen LogP contribution in [0.1, 0.15) is 0 Å². The fourth-order valence-corrected chi connectivity index (χ4v) is 10.1. The minimum absolute atomic E-state index is 1.16. The summed E-state index contributed by atoms with van der Waals surface area (Å²) in [5.74, 6) is 0. The molecule has 0 aliphatic rings. The van der Waals surface area contributed by atoms with E-state index in [9.17, 15) is 0 Å². The smallest absolute Gasteiger partial charge is 0.0555 e. The number of benzene rings is 9. The summed E-state index contributed by atoms with van der Waals surface area (Å²) in [7, 11) is 0. The second-order valence-electron chi connectivity index (χ2n) is 14.9. The minimum atomic E-state index is 1.16. The number of para-hydroxylation sites is 1. The van der Waals surface area contributed by atoms with Gasteiger partial charge in [0.05, 0.1) is 22.1 Å². The largest absolute Gasteiger partial charge is 0.309 e. The first-order valence-corrected chi connectivity index (χ1v) is 20.3. The van der Waals surface area contributed by atoms with Gasteiger partial charge >= 0.3 is 0 Å².